The van der Waals surface area contributed by atoms with Crippen LogP contribution in [0.2, 0.25) is 0 Å². The molecule has 0 radical (unpaired) electrons. The minimum Gasteiger partial charge on any atom is -0.459 e. The number of alkyl halides is 2. The minimum absolute atomic E-state index is 0.0825. The van der Waals surface area contributed by atoms with E-state index in [9.17, 15) is 17.6 Å². The van der Waals surface area contributed by atoms with Crippen LogP contribution in [0.4, 0.5) is 17.6 Å². The lowest BCUT2D eigenvalue weighted by Crippen LogP contribution is -1.95. The highest BCUT2D eigenvalue weighted by molar-refractivity contribution is 5.57. The molecule has 158 valence electrons. The Hall–Kier alpha value is -3.66. The first-order chi connectivity index (χ1) is 15.0. The summed E-state index contributed by atoms with van der Waals surface area (Å²) in [6, 6.07) is 9.08. The molecule has 0 aliphatic heterocycles. The lowest BCUT2D eigenvalue weighted by Gasteiger charge is -2.04. The van der Waals surface area contributed by atoms with E-state index in [2.05, 4.69) is 33.5 Å². The van der Waals surface area contributed by atoms with Crippen LogP contribution in [0, 0.1) is 23.5 Å². The van der Waals surface area contributed by atoms with Crippen LogP contribution in [0.25, 0.3) is 11.4 Å². The average Bonchev–Trinajstić information content (AvgIpc) is 2.75. The van der Waals surface area contributed by atoms with E-state index in [0.717, 1.165) is 36.1 Å². The number of halogens is 4. The fourth-order valence-corrected chi connectivity index (χ4v) is 2.68. The Balaban J connectivity index is 1.73. The molecule has 31 heavy (non-hydrogen) atoms. The Bertz CT molecular complexity index is 1090. The van der Waals surface area contributed by atoms with E-state index in [1.807, 2.05) is 12.1 Å². The molecular formula is C24H18F4N2O. The summed E-state index contributed by atoms with van der Waals surface area (Å²) in [6.07, 6.45) is 3.69. The monoisotopic (exact) mass is 426 g/mol. The lowest BCUT2D eigenvalue weighted by molar-refractivity contribution is 0.200. The van der Waals surface area contributed by atoms with Crippen LogP contribution in [0.3, 0.4) is 0 Å². The van der Waals surface area contributed by atoms with E-state index in [-0.39, 0.29) is 5.56 Å². The summed E-state index contributed by atoms with van der Waals surface area (Å²) in [4.78, 5) is 8.72. The number of ether oxygens (including phenoxy) is 1. The minimum atomic E-state index is -2.78. The Morgan fingerprint density at radius 3 is 2.16 bits per heavy atom. The van der Waals surface area contributed by atoms with Gasteiger partial charge in [-0.25, -0.2) is 27.5 Å². The highest BCUT2D eigenvalue weighted by atomic mass is 19.3. The molecule has 3 nitrogen and oxygen atoms in total. The molecule has 0 amide bonds. The summed E-state index contributed by atoms with van der Waals surface area (Å²) in [5.41, 5.74) is 2.62. The van der Waals surface area contributed by atoms with Gasteiger partial charge in [-0.15, -0.1) is 0 Å². The van der Waals surface area contributed by atoms with Crippen LogP contribution in [0.15, 0.2) is 61.1 Å². The largest absolute Gasteiger partial charge is 0.459 e. The van der Waals surface area contributed by atoms with Gasteiger partial charge in [0.2, 0.25) is 0 Å². The van der Waals surface area contributed by atoms with Crippen molar-refractivity contribution in [3.63, 3.8) is 0 Å². The lowest BCUT2D eigenvalue weighted by atomic mass is 10.1. The summed E-state index contributed by atoms with van der Waals surface area (Å²) in [5, 5.41) is 0. The first-order valence-corrected chi connectivity index (χ1v) is 9.50. The molecule has 0 atom stereocenters. The molecule has 0 unspecified atom stereocenters. The van der Waals surface area contributed by atoms with Crippen molar-refractivity contribution in [2.45, 2.75) is 26.2 Å². The van der Waals surface area contributed by atoms with Gasteiger partial charge in [0, 0.05) is 35.2 Å². The van der Waals surface area contributed by atoms with Gasteiger partial charge in [0.25, 0.3) is 6.43 Å². The van der Waals surface area contributed by atoms with E-state index in [4.69, 9.17) is 0 Å². The predicted molar refractivity (Wildman–Crippen MR) is 110 cm³/mol. The number of nitrogens with zero attached hydrogens (tertiary/aromatic N) is 2. The van der Waals surface area contributed by atoms with Crippen molar-refractivity contribution in [3.05, 3.63) is 89.5 Å². The molecule has 1 aromatic heterocycles. The van der Waals surface area contributed by atoms with Crippen molar-refractivity contribution in [2.24, 2.45) is 0 Å². The molecule has 0 fully saturated rings. The van der Waals surface area contributed by atoms with E-state index in [1.165, 1.54) is 0 Å². The summed E-state index contributed by atoms with van der Waals surface area (Å²) in [6.45, 7) is 2.09. The fraction of sp³-hybridized carbons (Fsp3) is 0.167. The molecule has 0 aliphatic carbocycles. The van der Waals surface area contributed by atoms with Crippen LogP contribution in [-0.4, -0.2) is 16.4 Å². The molecule has 2 aromatic carbocycles. The number of hydrogen-bond donors (Lipinski definition) is 0. The maximum atomic E-state index is 14.0. The molecular weight excluding hydrogens is 408 g/mol. The van der Waals surface area contributed by atoms with Gasteiger partial charge in [-0.2, -0.15) is 0 Å². The number of rotatable bonds is 6. The Morgan fingerprint density at radius 2 is 1.58 bits per heavy atom. The quantitative estimate of drug-likeness (QED) is 0.278. The van der Waals surface area contributed by atoms with Gasteiger partial charge in [0.1, 0.15) is 0 Å². The first-order valence-electron chi connectivity index (χ1n) is 9.50. The highest BCUT2D eigenvalue weighted by Crippen LogP contribution is 2.23. The topological polar surface area (TPSA) is 35.0 Å². The average molecular weight is 426 g/mol. The van der Waals surface area contributed by atoms with Crippen molar-refractivity contribution in [1.82, 2.24) is 9.97 Å². The number of benzene rings is 2. The van der Waals surface area contributed by atoms with Crippen LogP contribution >= 0.6 is 0 Å². The molecule has 7 heteroatoms. The van der Waals surface area contributed by atoms with Gasteiger partial charge in [-0.05, 0) is 48.4 Å². The van der Waals surface area contributed by atoms with Crippen molar-refractivity contribution >= 4 is 0 Å². The van der Waals surface area contributed by atoms with Crippen LogP contribution < -0.4 is 4.74 Å². The predicted octanol–water partition coefficient (Wildman–Crippen LogP) is 5.93. The molecule has 3 aromatic rings. The second kappa shape index (κ2) is 10.4. The molecule has 0 N–H and O–H groups in total. The second-order valence-electron chi connectivity index (χ2n) is 6.54. The number of allylic oxidation sites excluding steroid dienone is 1. The molecule has 0 saturated heterocycles. The van der Waals surface area contributed by atoms with Crippen molar-refractivity contribution in [1.29, 1.82) is 0 Å². The van der Waals surface area contributed by atoms with Crippen LogP contribution in [0.5, 0.6) is 5.75 Å². The van der Waals surface area contributed by atoms with E-state index in [0.29, 0.717) is 23.7 Å². The number of aromatic nitrogens is 2. The molecule has 0 bridgehead atoms. The van der Waals surface area contributed by atoms with Crippen molar-refractivity contribution in [2.75, 3.05) is 0 Å². The van der Waals surface area contributed by atoms with Crippen molar-refractivity contribution < 1.29 is 22.3 Å². The standard InChI is InChI=1S/C24H18F4N2O/c1-2-3-18-14-29-24(30-15-18)19-8-6-16(7-9-19)4-5-17-12-20(25)23(21(26)13-17)31-11-10-22(27)28/h6-15,22H,2-3H2,1H3/b11-10+. The number of aryl methyl sites for hydroxylation is 1. The van der Waals surface area contributed by atoms with Gasteiger partial charge >= 0.3 is 0 Å². The zero-order chi connectivity index (χ0) is 22.2. The third kappa shape index (κ3) is 6.16. The first kappa shape index (κ1) is 22.0. The van der Waals surface area contributed by atoms with Crippen LogP contribution in [0.1, 0.15) is 30.0 Å². The second-order valence-corrected chi connectivity index (χ2v) is 6.54. The maximum Gasteiger partial charge on any atom is 0.260 e. The summed E-state index contributed by atoms with van der Waals surface area (Å²) < 4.78 is 56.7. The molecule has 0 saturated carbocycles. The molecule has 0 spiro atoms. The van der Waals surface area contributed by atoms with Gasteiger partial charge in [0.05, 0.1) is 6.26 Å². The van der Waals surface area contributed by atoms with Gasteiger partial charge in [-0.3, -0.25) is 0 Å². The summed E-state index contributed by atoms with van der Waals surface area (Å²) >= 11 is 0. The third-order valence-electron chi connectivity index (χ3n) is 4.15. The van der Waals surface area contributed by atoms with Crippen molar-refractivity contribution in [3.8, 4) is 29.0 Å². The third-order valence-corrected chi connectivity index (χ3v) is 4.15. The zero-order valence-electron chi connectivity index (χ0n) is 16.6. The summed E-state index contributed by atoms with van der Waals surface area (Å²) in [5.74, 6) is 3.24. The van der Waals surface area contributed by atoms with Gasteiger partial charge in [0.15, 0.2) is 23.2 Å². The highest BCUT2D eigenvalue weighted by Gasteiger charge is 2.11. The van der Waals surface area contributed by atoms with Gasteiger partial charge in [-0.1, -0.05) is 25.2 Å². The summed E-state index contributed by atoms with van der Waals surface area (Å²) in [7, 11) is 0. The normalized spacial score (nSPS) is 10.9. The van der Waals surface area contributed by atoms with E-state index < -0.39 is 23.8 Å². The zero-order valence-corrected chi connectivity index (χ0v) is 16.6. The smallest absolute Gasteiger partial charge is 0.260 e. The Morgan fingerprint density at radius 1 is 0.968 bits per heavy atom. The van der Waals surface area contributed by atoms with Gasteiger partial charge < -0.3 is 4.74 Å². The molecule has 3 rings (SSSR count). The molecule has 1 heterocycles. The molecule has 0 aliphatic rings. The van der Waals surface area contributed by atoms with E-state index >= 15 is 0 Å². The Labute approximate surface area is 177 Å². The number of hydrogen-bond acceptors (Lipinski definition) is 3. The van der Waals surface area contributed by atoms with E-state index in [1.54, 1.807) is 24.5 Å². The van der Waals surface area contributed by atoms with Crippen LogP contribution in [-0.2, 0) is 6.42 Å². The maximum absolute atomic E-state index is 14.0. The fourth-order valence-electron chi connectivity index (χ4n) is 2.68. The Kier molecular flexibility index (Phi) is 7.39. The SMILES string of the molecule is CCCc1cnc(-c2ccc(C#Cc3cc(F)c(O/C=C/C(F)F)c(F)c3)cc2)nc1.